The van der Waals surface area contributed by atoms with Crippen molar-refractivity contribution in [3.63, 3.8) is 0 Å². The number of nitrogens with zero attached hydrogens (tertiary/aromatic N) is 4. The third-order valence-corrected chi connectivity index (χ3v) is 5.12. The topological polar surface area (TPSA) is 31.7 Å². The largest absolute Gasteiger partial charge is 0.324 e. The van der Waals surface area contributed by atoms with Crippen molar-refractivity contribution in [2.45, 2.75) is 6.42 Å². The van der Waals surface area contributed by atoms with E-state index in [-0.39, 0.29) is 0 Å². The molecule has 5 heteroatoms. The average Bonchev–Trinajstić information content (AvgIpc) is 2.84. The number of benzene rings is 2. The quantitative estimate of drug-likeness (QED) is 0.591. The molecule has 4 rings (SSSR count). The van der Waals surface area contributed by atoms with Crippen molar-refractivity contribution in [3.8, 4) is 0 Å². The molecule has 0 radical (unpaired) electrons. The molecule has 0 saturated heterocycles. The zero-order chi connectivity index (χ0) is 19.5. The number of rotatable bonds is 5. The second-order valence-corrected chi connectivity index (χ2v) is 7.52. The standard InChI is InChI=1S/C23H23ClN4/c1-27(2)15-8-16-28-20-13-6-11-18(24)21(20)22(17-9-4-3-5-10-17)26-19-12-7-14-25-23(19)28/h3-7,9-14H,8,15-16H2,1-2H3. The summed E-state index contributed by atoms with van der Waals surface area (Å²) in [4.78, 5) is 14.1. The first-order chi connectivity index (χ1) is 13.6. The molecule has 0 unspecified atom stereocenters. The third kappa shape index (κ3) is 3.66. The predicted molar refractivity (Wildman–Crippen MR) is 118 cm³/mol. The highest BCUT2D eigenvalue weighted by molar-refractivity contribution is 6.37. The minimum Gasteiger partial charge on any atom is -0.324 e. The zero-order valence-electron chi connectivity index (χ0n) is 16.1. The van der Waals surface area contributed by atoms with Crippen LogP contribution in [-0.4, -0.2) is 42.8 Å². The molecule has 0 bridgehead atoms. The normalized spacial score (nSPS) is 13.0. The van der Waals surface area contributed by atoms with E-state index in [1.165, 1.54) is 0 Å². The van der Waals surface area contributed by atoms with Gasteiger partial charge in [-0.15, -0.1) is 0 Å². The Bertz CT molecular complexity index is 998. The molecule has 0 spiro atoms. The molecule has 2 aromatic carbocycles. The maximum Gasteiger partial charge on any atom is 0.159 e. The fourth-order valence-electron chi connectivity index (χ4n) is 3.52. The van der Waals surface area contributed by atoms with Gasteiger partial charge in [0.25, 0.3) is 0 Å². The molecule has 0 N–H and O–H groups in total. The molecular weight excluding hydrogens is 368 g/mol. The Balaban J connectivity index is 1.90. The maximum absolute atomic E-state index is 6.72. The van der Waals surface area contributed by atoms with Gasteiger partial charge in [0, 0.05) is 23.9 Å². The lowest BCUT2D eigenvalue weighted by atomic mass is 10.00. The number of hydrogen-bond donors (Lipinski definition) is 0. The van der Waals surface area contributed by atoms with Crippen LogP contribution >= 0.6 is 11.6 Å². The molecule has 0 aliphatic carbocycles. The highest BCUT2D eigenvalue weighted by Crippen LogP contribution is 2.41. The van der Waals surface area contributed by atoms with Gasteiger partial charge in [0.1, 0.15) is 5.69 Å². The fourth-order valence-corrected chi connectivity index (χ4v) is 3.78. The fraction of sp³-hybridized carbons (Fsp3) is 0.217. The summed E-state index contributed by atoms with van der Waals surface area (Å²) in [7, 11) is 4.19. The molecule has 28 heavy (non-hydrogen) atoms. The van der Waals surface area contributed by atoms with Crippen LogP contribution in [0, 0.1) is 0 Å². The van der Waals surface area contributed by atoms with E-state index in [2.05, 4.69) is 47.1 Å². The van der Waals surface area contributed by atoms with Gasteiger partial charge in [0.2, 0.25) is 0 Å². The van der Waals surface area contributed by atoms with Gasteiger partial charge in [-0.1, -0.05) is 48.0 Å². The van der Waals surface area contributed by atoms with Crippen molar-refractivity contribution in [2.75, 3.05) is 32.1 Å². The van der Waals surface area contributed by atoms with Gasteiger partial charge in [0.05, 0.1) is 16.4 Å². The molecule has 1 aliphatic rings. The Kier molecular flexibility index (Phi) is 5.42. The molecule has 0 amide bonds. The summed E-state index contributed by atoms with van der Waals surface area (Å²) < 4.78 is 0. The van der Waals surface area contributed by atoms with Gasteiger partial charge in [-0.25, -0.2) is 9.98 Å². The number of halogens is 1. The van der Waals surface area contributed by atoms with Crippen LogP contribution in [-0.2, 0) is 0 Å². The van der Waals surface area contributed by atoms with Crippen molar-refractivity contribution in [1.82, 2.24) is 9.88 Å². The highest BCUT2D eigenvalue weighted by Gasteiger charge is 2.26. The summed E-state index contributed by atoms with van der Waals surface area (Å²) >= 11 is 6.72. The SMILES string of the molecule is CN(C)CCCN1c2cccc(Cl)c2C(c2ccccc2)=Nc2cccnc21. The molecule has 3 aromatic rings. The molecule has 0 saturated carbocycles. The van der Waals surface area contributed by atoms with Crippen molar-refractivity contribution in [1.29, 1.82) is 0 Å². The van der Waals surface area contributed by atoms with Crippen molar-refractivity contribution in [3.05, 3.63) is 83.0 Å². The van der Waals surface area contributed by atoms with Crippen molar-refractivity contribution < 1.29 is 0 Å². The first-order valence-corrected chi connectivity index (χ1v) is 9.83. The lowest BCUT2D eigenvalue weighted by Gasteiger charge is -2.26. The molecule has 0 fully saturated rings. The number of anilines is 2. The molecule has 0 atom stereocenters. The number of aliphatic imine (C=N–C) groups is 1. The van der Waals surface area contributed by atoms with Gasteiger partial charge in [-0.3, -0.25) is 0 Å². The Morgan fingerprint density at radius 3 is 2.57 bits per heavy atom. The Morgan fingerprint density at radius 1 is 0.964 bits per heavy atom. The summed E-state index contributed by atoms with van der Waals surface area (Å²) in [5, 5.41) is 0.700. The maximum atomic E-state index is 6.72. The second kappa shape index (κ2) is 8.13. The van der Waals surface area contributed by atoms with Crippen molar-refractivity contribution >= 4 is 34.5 Å². The molecule has 2 heterocycles. The van der Waals surface area contributed by atoms with E-state index in [0.717, 1.165) is 53.5 Å². The second-order valence-electron chi connectivity index (χ2n) is 7.11. The van der Waals surface area contributed by atoms with Gasteiger partial charge in [0.15, 0.2) is 5.82 Å². The van der Waals surface area contributed by atoms with Gasteiger partial charge >= 0.3 is 0 Å². The first kappa shape index (κ1) is 18.7. The first-order valence-electron chi connectivity index (χ1n) is 9.45. The number of fused-ring (bicyclic) bond motifs is 2. The van der Waals surface area contributed by atoms with Crippen LogP contribution in [0.3, 0.4) is 0 Å². The van der Waals surface area contributed by atoms with Crippen LogP contribution in [0.2, 0.25) is 5.02 Å². The Morgan fingerprint density at radius 2 is 1.79 bits per heavy atom. The predicted octanol–water partition coefficient (Wildman–Crippen LogP) is 5.31. The lowest BCUT2D eigenvalue weighted by molar-refractivity contribution is 0.402. The Labute approximate surface area is 171 Å². The van der Waals surface area contributed by atoms with E-state index in [9.17, 15) is 0 Å². The van der Waals surface area contributed by atoms with E-state index < -0.39 is 0 Å². The van der Waals surface area contributed by atoms with Gasteiger partial charge < -0.3 is 9.80 Å². The number of aromatic nitrogens is 1. The molecule has 142 valence electrons. The van der Waals surface area contributed by atoms with Crippen LogP contribution in [0.4, 0.5) is 17.2 Å². The minimum atomic E-state index is 0.700. The third-order valence-electron chi connectivity index (χ3n) is 4.81. The van der Waals surface area contributed by atoms with Crippen LogP contribution in [0.15, 0.2) is 71.9 Å². The summed E-state index contributed by atoms with van der Waals surface area (Å²) in [6.45, 7) is 1.84. The van der Waals surface area contributed by atoms with E-state index >= 15 is 0 Å². The zero-order valence-corrected chi connectivity index (χ0v) is 16.9. The van der Waals surface area contributed by atoms with Crippen LogP contribution in [0.5, 0.6) is 0 Å². The molecule has 1 aliphatic heterocycles. The Hall–Kier alpha value is -2.69. The summed E-state index contributed by atoms with van der Waals surface area (Å²) in [6.07, 6.45) is 2.83. The monoisotopic (exact) mass is 390 g/mol. The van der Waals surface area contributed by atoms with E-state index in [0.29, 0.717) is 5.02 Å². The average molecular weight is 391 g/mol. The lowest BCUT2D eigenvalue weighted by Crippen LogP contribution is -2.24. The number of hydrogen-bond acceptors (Lipinski definition) is 4. The van der Waals surface area contributed by atoms with Crippen LogP contribution < -0.4 is 4.90 Å². The summed E-state index contributed by atoms with van der Waals surface area (Å²) in [6, 6.07) is 20.2. The molecule has 4 nitrogen and oxygen atoms in total. The van der Waals surface area contributed by atoms with Crippen LogP contribution in [0.1, 0.15) is 17.5 Å². The van der Waals surface area contributed by atoms with E-state index in [4.69, 9.17) is 16.6 Å². The highest BCUT2D eigenvalue weighted by atomic mass is 35.5. The minimum absolute atomic E-state index is 0.700. The molecular formula is C23H23ClN4. The smallest absolute Gasteiger partial charge is 0.159 e. The van der Waals surface area contributed by atoms with E-state index in [1.807, 2.05) is 48.7 Å². The summed E-state index contributed by atoms with van der Waals surface area (Å²) in [5.41, 5.74) is 4.79. The number of pyridine rings is 1. The van der Waals surface area contributed by atoms with Crippen LogP contribution in [0.25, 0.3) is 0 Å². The van der Waals surface area contributed by atoms with Gasteiger partial charge in [-0.2, -0.15) is 0 Å². The van der Waals surface area contributed by atoms with Crippen molar-refractivity contribution in [2.24, 2.45) is 4.99 Å². The summed E-state index contributed by atoms with van der Waals surface area (Å²) in [5.74, 6) is 0.871. The molecule has 1 aromatic heterocycles. The van der Waals surface area contributed by atoms with E-state index in [1.54, 1.807) is 0 Å². The van der Waals surface area contributed by atoms with Gasteiger partial charge in [-0.05, 0) is 51.3 Å².